The normalized spacial score (nSPS) is 13.1. The molecule has 0 radical (unpaired) electrons. The molecule has 1 unspecified atom stereocenters. The van der Waals surface area contributed by atoms with E-state index in [2.05, 4.69) is 21.8 Å². The second-order valence-corrected chi connectivity index (χ2v) is 3.27. The topological polar surface area (TPSA) is 39.1 Å². The predicted molar refractivity (Wildman–Crippen MR) is 56.3 cm³/mol. The fraction of sp³-hybridized carbons (Fsp3) is 0.700. The second kappa shape index (κ2) is 5.78. The number of rotatable bonds is 6. The highest BCUT2D eigenvalue weighted by Crippen LogP contribution is 2.02. The average Bonchev–Trinajstić information content (AvgIpc) is 2.64. The number of ether oxygens (including phenoxy) is 1. The Bertz CT molecular complexity index is 260. The molecule has 0 aliphatic carbocycles. The van der Waals surface area contributed by atoms with Crippen LogP contribution in [0.1, 0.15) is 12.7 Å². The van der Waals surface area contributed by atoms with Gasteiger partial charge in [0.1, 0.15) is 5.82 Å². The van der Waals surface area contributed by atoms with Crippen LogP contribution in [0.3, 0.4) is 0 Å². The molecule has 1 heterocycles. The highest BCUT2D eigenvalue weighted by Gasteiger charge is 2.10. The Labute approximate surface area is 85.3 Å². The summed E-state index contributed by atoms with van der Waals surface area (Å²) in [4.78, 5) is 4.32. The van der Waals surface area contributed by atoms with Gasteiger partial charge in [0.05, 0.1) is 6.61 Å². The van der Waals surface area contributed by atoms with Crippen molar-refractivity contribution in [1.29, 1.82) is 0 Å². The predicted octanol–water partition coefficient (Wildman–Crippen LogP) is 0.680. The highest BCUT2D eigenvalue weighted by molar-refractivity contribution is 4.95. The van der Waals surface area contributed by atoms with Gasteiger partial charge in [-0.25, -0.2) is 4.98 Å². The summed E-state index contributed by atoms with van der Waals surface area (Å²) < 4.78 is 7.27. The number of imidazole rings is 1. The first kappa shape index (κ1) is 11.2. The fourth-order valence-electron chi connectivity index (χ4n) is 1.48. The van der Waals surface area contributed by atoms with Gasteiger partial charge in [-0.15, -0.1) is 0 Å². The summed E-state index contributed by atoms with van der Waals surface area (Å²) in [6.45, 7) is 3.81. The third-order valence-corrected chi connectivity index (χ3v) is 2.35. The van der Waals surface area contributed by atoms with Crippen molar-refractivity contribution in [2.24, 2.45) is 0 Å². The molecule has 1 N–H and O–H groups in total. The van der Waals surface area contributed by atoms with Crippen LogP contribution < -0.4 is 5.32 Å². The Balaban J connectivity index is 2.56. The lowest BCUT2D eigenvalue weighted by Gasteiger charge is -2.15. The minimum Gasteiger partial charge on any atom is -0.383 e. The number of nitrogens with zero attached hydrogens (tertiary/aromatic N) is 2. The highest BCUT2D eigenvalue weighted by atomic mass is 16.5. The molecule has 0 spiro atoms. The number of hydrogen-bond acceptors (Lipinski definition) is 3. The lowest BCUT2D eigenvalue weighted by molar-refractivity contribution is 0.168. The first-order valence-corrected chi connectivity index (χ1v) is 4.98. The van der Waals surface area contributed by atoms with Crippen molar-refractivity contribution in [3.8, 4) is 0 Å². The van der Waals surface area contributed by atoms with Gasteiger partial charge in [0.2, 0.25) is 0 Å². The van der Waals surface area contributed by atoms with Gasteiger partial charge >= 0.3 is 0 Å². The summed E-state index contributed by atoms with van der Waals surface area (Å²) in [5.74, 6) is 1.11. The number of aromatic nitrogens is 2. The molecule has 0 aliphatic heterocycles. The number of hydrogen-bond donors (Lipinski definition) is 1. The molecule has 4 heteroatoms. The van der Waals surface area contributed by atoms with Crippen LogP contribution in [-0.4, -0.2) is 36.4 Å². The number of methoxy groups -OCH3 is 1. The third kappa shape index (κ3) is 2.82. The molecule has 1 aromatic rings. The molecule has 1 aromatic heterocycles. The van der Waals surface area contributed by atoms with Crippen LogP contribution in [0.15, 0.2) is 12.4 Å². The lowest BCUT2D eigenvalue weighted by Crippen LogP contribution is -2.33. The van der Waals surface area contributed by atoms with Crippen LogP contribution in [0.5, 0.6) is 0 Å². The van der Waals surface area contributed by atoms with Gasteiger partial charge in [0.15, 0.2) is 0 Å². The van der Waals surface area contributed by atoms with Gasteiger partial charge in [-0.1, -0.05) is 0 Å². The zero-order chi connectivity index (χ0) is 10.4. The Kier molecular flexibility index (Phi) is 4.62. The average molecular weight is 197 g/mol. The van der Waals surface area contributed by atoms with Gasteiger partial charge in [-0.3, -0.25) is 0 Å². The van der Waals surface area contributed by atoms with Crippen LogP contribution in [-0.2, 0) is 17.7 Å². The zero-order valence-electron chi connectivity index (χ0n) is 9.16. The van der Waals surface area contributed by atoms with E-state index < -0.39 is 0 Å². The Morgan fingerprint density at radius 2 is 2.43 bits per heavy atom. The Morgan fingerprint density at radius 3 is 3.00 bits per heavy atom. The molecule has 0 fully saturated rings. The van der Waals surface area contributed by atoms with Crippen molar-refractivity contribution < 1.29 is 4.74 Å². The largest absolute Gasteiger partial charge is 0.383 e. The SMILES string of the molecule is CCn1ccnc1CC(COC)NC. The second-order valence-electron chi connectivity index (χ2n) is 3.27. The summed E-state index contributed by atoms with van der Waals surface area (Å²) in [6, 6.07) is 0.340. The summed E-state index contributed by atoms with van der Waals surface area (Å²) in [6.07, 6.45) is 4.76. The quantitative estimate of drug-likeness (QED) is 0.729. The van der Waals surface area contributed by atoms with Gasteiger partial charge in [-0.05, 0) is 14.0 Å². The minimum absolute atomic E-state index is 0.340. The van der Waals surface area contributed by atoms with Crippen LogP contribution in [0, 0.1) is 0 Å². The standard InChI is InChI=1S/C10H19N3O/c1-4-13-6-5-12-10(13)7-9(11-2)8-14-3/h5-6,9,11H,4,7-8H2,1-3H3. The van der Waals surface area contributed by atoms with Crippen LogP contribution in [0.4, 0.5) is 0 Å². The fourth-order valence-corrected chi connectivity index (χ4v) is 1.48. The monoisotopic (exact) mass is 197 g/mol. The molecule has 0 saturated heterocycles. The van der Waals surface area contributed by atoms with E-state index in [-0.39, 0.29) is 0 Å². The molecule has 0 amide bonds. The molecular weight excluding hydrogens is 178 g/mol. The van der Waals surface area contributed by atoms with Crippen LogP contribution >= 0.6 is 0 Å². The molecule has 0 saturated carbocycles. The molecule has 0 aliphatic rings. The van der Waals surface area contributed by atoms with Crippen molar-refractivity contribution >= 4 is 0 Å². The van der Waals surface area contributed by atoms with E-state index >= 15 is 0 Å². The number of nitrogens with one attached hydrogen (secondary N) is 1. The Morgan fingerprint density at radius 1 is 1.64 bits per heavy atom. The number of likely N-dealkylation sites (N-methyl/N-ethyl adjacent to an activating group) is 1. The van der Waals surface area contributed by atoms with Crippen LogP contribution in [0.25, 0.3) is 0 Å². The summed E-state index contributed by atoms with van der Waals surface area (Å²) >= 11 is 0. The van der Waals surface area contributed by atoms with Gasteiger partial charge in [0, 0.05) is 38.5 Å². The molecule has 14 heavy (non-hydrogen) atoms. The van der Waals surface area contributed by atoms with E-state index in [9.17, 15) is 0 Å². The first-order chi connectivity index (χ1) is 6.81. The molecule has 80 valence electrons. The van der Waals surface area contributed by atoms with Gasteiger partial charge < -0.3 is 14.6 Å². The van der Waals surface area contributed by atoms with Crippen molar-refractivity contribution in [1.82, 2.24) is 14.9 Å². The van der Waals surface area contributed by atoms with Gasteiger partial charge in [0.25, 0.3) is 0 Å². The van der Waals surface area contributed by atoms with E-state index in [1.54, 1.807) is 7.11 Å². The Hall–Kier alpha value is -0.870. The third-order valence-electron chi connectivity index (χ3n) is 2.35. The molecule has 1 rings (SSSR count). The summed E-state index contributed by atoms with van der Waals surface area (Å²) in [5, 5.41) is 3.21. The van der Waals surface area contributed by atoms with E-state index in [0.29, 0.717) is 12.6 Å². The lowest BCUT2D eigenvalue weighted by atomic mass is 10.2. The van der Waals surface area contributed by atoms with Crippen molar-refractivity contribution in [2.75, 3.05) is 20.8 Å². The van der Waals surface area contributed by atoms with Crippen molar-refractivity contribution in [2.45, 2.75) is 25.9 Å². The number of aryl methyl sites for hydroxylation is 1. The van der Waals surface area contributed by atoms with E-state index in [4.69, 9.17) is 4.74 Å². The molecule has 1 atom stereocenters. The maximum Gasteiger partial charge on any atom is 0.110 e. The minimum atomic E-state index is 0.340. The van der Waals surface area contributed by atoms with Crippen molar-refractivity contribution in [3.05, 3.63) is 18.2 Å². The van der Waals surface area contributed by atoms with Crippen molar-refractivity contribution in [3.63, 3.8) is 0 Å². The zero-order valence-corrected chi connectivity index (χ0v) is 9.16. The maximum atomic E-state index is 5.12. The maximum absolute atomic E-state index is 5.12. The summed E-state index contributed by atoms with van der Waals surface area (Å²) in [5.41, 5.74) is 0. The molecule has 0 bridgehead atoms. The van der Waals surface area contributed by atoms with Gasteiger partial charge in [-0.2, -0.15) is 0 Å². The summed E-state index contributed by atoms with van der Waals surface area (Å²) in [7, 11) is 3.67. The molecule has 0 aromatic carbocycles. The van der Waals surface area contributed by atoms with E-state index in [0.717, 1.165) is 18.8 Å². The molecule has 4 nitrogen and oxygen atoms in total. The van der Waals surface area contributed by atoms with E-state index in [1.165, 1.54) is 0 Å². The van der Waals surface area contributed by atoms with E-state index in [1.807, 2.05) is 19.4 Å². The smallest absolute Gasteiger partial charge is 0.110 e. The first-order valence-electron chi connectivity index (χ1n) is 4.98. The molecular formula is C10H19N3O. The van der Waals surface area contributed by atoms with Crippen LogP contribution in [0.2, 0.25) is 0 Å².